The van der Waals surface area contributed by atoms with E-state index < -0.39 is 11.6 Å². The van der Waals surface area contributed by atoms with E-state index in [-0.39, 0.29) is 17.9 Å². The van der Waals surface area contributed by atoms with Crippen molar-refractivity contribution in [3.8, 4) is 0 Å². The van der Waals surface area contributed by atoms with Crippen LogP contribution in [0.1, 0.15) is 32.6 Å². The highest BCUT2D eigenvalue weighted by Crippen LogP contribution is 2.26. The van der Waals surface area contributed by atoms with E-state index in [4.69, 9.17) is 0 Å². The summed E-state index contributed by atoms with van der Waals surface area (Å²) in [4.78, 5) is 31.1. The summed E-state index contributed by atoms with van der Waals surface area (Å²) in [5.74, 6) is -0.195. The summed E-state index contributed by atoms with van der Waals surface area (Å²) in [5.41, 5.74) is 1.04. The predicted octanol–water partition coefficient (Wildman–Crippen LogP) is 0.647. The minimum Gasteiger partial charge on any atom is -0.388 e. The van der Waals surface area contributed by atoms with Gasteiger partial charge in [-0.3, -0.25) is 14.6 Å². The van der Waals surface area contributed by atoms with Crippen molar-refractivity contribution in [3.05, 3.63) is 30.6 Å². The molecule has 4 rings (SSSR count). The third kappa shape index (κ3) is 4.28. The minimum atomic E-state index is -0.862. The Morgan fingerprint density at radius 1 is 1.38 bits per heavy atom. The van der Waals surface area contributed by atoms with Crippen LogP contribution in [0.25, 0.3) is 11.0 Å². The molecule has 0 spiro atoms. The topological polar surface area (TPSA) is 99.5 Å². The Morgan fingerprint density at radius 3 is 2.90 bits per heavy atom. The van der Waals surface area contributed by atoms with Gasteiger partial charge in [0, 0.05) is 25.5 Å². The fourth-order valence-electron chi connectivity index (χ4n) is 4.34. The molecule has 2 aromatic heterocycles. The van der Waals surface area contributed by atoms with Crippen molar-refractivity contribution in [2.24, 2.45) is 0 Å². The summed E-state index contributed by atoms with van der Waals surface area (Å²) in [7, 11) is 0. The van der Waals surface area contributed by atoms with E-state index in [2.05, 4.69) is 15.6 Å². The highest BCUT2D eigenvalue weighted by atomic mass is 16.3. The second kappa shape index (κ2) is 8.12. The molecule has 29 heavy (non-hydrogen) atoms. The maximum atomic E-state index is 12.7. The molecule has 0 aromatic carbocycles. The van der Waals surface area contributed by atoms with Gasteiger partial charge in [0.1, 0.15) is 6.04 Å². The number of rotatable bonds is 5. The van der Waals surface area contributed by atoms with Gasteiger partial charge in [-0.1, -0.05) is 0 Å². The minimum absolute atomic E-state index is 0.0889. The molecule has 2 aromatic rings. The van der Waals surface area contributed by atoms with Crippen LogP contribution in [0.15, 0.2) is 30.6 Å². The molecular weight excluding hydrogens is 370 g/mol. The number of nitrogens with one attached hydrogen (secondary N) is 2. The number of hydrogen-bond acceptors (Lipinski definition) is 5. The summed E-state index contributed by atoms with van der Waals surface area (Å²) in [5, 5.41) is 17.1. The number of carbonyl (C=O) groups is 2. The molecule has 8 nitrogen and oxygen atoms in total. The van der Waals surface area contributed by atoms with E-state index >= 15 is 0 Å². The molecule has 156 valence electrons. The molecule has 0 radical (unpaired) electrons. The molecular formula is C21H29N5O3. The molecule has 2 atom stereocenters. The number of carbonyl (C=O) groups excluding carboxylic acids is 2. The van der Waals surface area contributed by atoms with Crippen LogP contribution in [0.5, 0.6) is 0 Å². The molecule has 3 N–H and O–H groups in total. The lowest BCUT2D eigenvalue weighted by atomic mass is 9.91. The van der Waals surface area contributed by atoms with Gasteiger partial charge < -0.3 is 25.2 Å². The number of amides is 2. The first-order chi connectivity index (χ1) is 14.0. The molecule has 2 amide bonds. The second-order valence-corrected chi connectivity index (χ2v) is 8.28. The molecule has 2 aliphatic rings. The zero-order chi connectivity index (χ0) is 20.4. The Hall–Kier alpha value is -2.45. The van der Waals surface area contributed by atoms with Gasteiger partial charge in [0.25, 0.3) is 0 Å². The number of fused-ring (bicyclic) bond motifs is 1. The van der Waals surface area contributed by atoms with Crippen LogP contribution in [0, 0.1) is 0 Å². The summed E-state index contributed by atoms with van der Waals surface area (Å²) >= 11 is 0. The summed E-state index contributed by atoms with van der Waals surface area (Å²) in [6, 6.07) is 5.08. The van der Waals surface area contributed by atoms with Gasteiger partial charge in [-0.15, -0.1) is 0 Å². The molecule has 0 aliphatic carbocycles. The lowest BCUT2D eigenvalue weighted by Crippen LogP contribution is -2.55. The fourth-order valence-corrected chi connectivity index (χ4v) is 4.34. The summed E-state index contributed by atoms with van der Waals surface area (Å²) in [6.07, 6.45) is 6.51. The lowest BCUT2D eigenvalue weighted by molar-refractivity contribution is -0.140. The number of piperidine rings is 1. The monoisotopic (exact) mass is 399 g/mol. The number of hydrogen-bond donors (Lipinski definition) is 3. The van der Waals surface area contributed by atoms with E-state index in [1.165, 1.54) is 0 Å². The zero-order valence-electron chi connectivity index (χ0n) is 16.8. The Morgan fingerprint density at radius 2 is 2.17 bits per heavy atom. The molecule has 2 aliphatic heterocycles. The van der Waals surface area contributed by atoms with Crippen LogP contribution in [-0.4, -0.2) is 68.7 Å². The second-order valence-electron chi connectivity index (χ2n) is 8.28. The summed E-state index contributed by atoms with van der Waals surface area (Å²) in [6.45, 7) is 4.01. The van der Waals surface area contributed by atoms with Crippen molar-refractivity contribution < 1.29 is 14.7 Å². The molecule has 8 heteroatoms. The van der Waals surface area contributed by atoms with Crippen molar-refractivity contribution in [3.63, 3.8) is 0 Å². The van der Waals surface area contributed by atoms with Crippen molar-refractivity contribution in [1.29, 1.82) is 0 Å². The SMILES string of the molecule is CC(NC(=O)C1CCCN1)C(=O)N1CCC(O)(Cn2ccc3ncccc32)CC1. The molecule has 0 bridgehead atoms. The lowest BCUT2D eigenvalue weighted by Gasteiger charge is -2.39. The van der Waals surface area contributed by atoms with Crippen molar-refractivity contribution >= 4 is 22.8 Å². The first-order valence-corrected chi connectivity index (χ1v) is 10.4. The maximum absolute atomic E-state index is 12.7. The van der Waals surface area contributed by atoms with Gasteiger partial charge in [-0.2, -0.15) is 0 Å². The van der Waals surface area contributed by atoms with Crippen molar-refractivity contribution in [2.75, 3.05) is 19.6 Å². The van der Waals surface area contributed by atoms with E-state index in [9.17, 15) is 14.7 Å². The van der Waals surface area contributed by atoms with E-state index in [0.717, 1.165) is 30.4 Å². The highest BCUT2D eigenvalue weighted by Gasteiger charge is 2.36. The zero-order valence-corrected chi connectivity index (χ0v) is 16.8. The number of aliphatic hydroxyl groups is 1. The van der Waals surface area contributed by atoms with Crippen LogP contribution in [0.3, 0.4) is 0 Å². The van der Waals surface area contributed by atoms with Gasteiger partial charge >= 0.3 is 0 Å². The van der Waals surface area contributed by atoms with Crippen LogP contribution in [0.4, 0.5) is 0 Å². The Bertz CT molecular complexity index is 881. The molecule has 2 fully saturated rings. The predicted molar refractivity (Wildman–Crippen MR) is 109 cm³/mol. The molecule has 2 unspecified atom stereocenters. The summed E-state index contributed by atoms with van der Waals surface area (Å²) < 4.78 is 2.03. The average molecular weight is 399 g/mol. The van der Waals surface area contributed by atoms with Crippen LogP contribution < -0.4 is 10.6 Å². The third-order valence-corrected chi connectivity index (χ3v) is 6.11. The van der Waals surface area contributed by atoms with E-state index in [0.29, 0.717) is 32.5 Å². The number of pyridine rings is 1. The Labute approximate surface area is 170 Å². The molecule has 2 saturated heterocycles. The standard InChI is InChI=1S/C21H29N5O3/c1-15(24-19(27)17-4-2-9-23-17)20(28)25-12-7-21(29,8-13-25)14-26-11-6-16-18(26)5-3-10-22-16/h3,5-6,10-11,15,17,23,29H,2,4,7-9,12-14H2,1H3,(H,24,27). The number of likely N-dealkylation sites (tertiary alicyclic amines) is 1. The Balaban J connectivity index is 1.32. The van der Waals surface area contributed by atoms with Crippen LogP contribution in [0.2, 0.25) is 0 Å². The molecule has 4 heterocycles. The van der Waals surface area contributed by atoms with Gasteiger partial charge in [0.15, 0.2) is 0 Å². The average Bonchev–Trinajstić information content (AvgIpc) is 3.39. The van der Waals surface area contributed by atoms with Crippen LogP contribution >= 0.6 is 0 Å². The number of nitrogens with zero attached hydrogens (tertiary/aromatic N) is 3. The maximum Gasteiger partial charge on any atom is 0.244 e. The highest BCUT2D eigenvalue weighted by molar-refractivity contribution is 5.89. The van der Waals surface area contributed by atoms with Gasteiger partial charge in [-0.25, -0.2) is 0 Å². The largest absolute Gasteiger partial charge is 0.388 e. The quantitative estimate of drug-likeness (QED) is 0.686. The smallest absolute Gasteiger partial charge is 0.244 e. The first-order valence-electron chi connectivity index (χ1n) is 10.4. The third-order valence-electron chi connectivity index (χ3n) is 6.11. The van der Waals surface area contributed by atoms with Gasteiger partial charge in [0.05, 0.1) is 29.2 Å². The van der Waals surface area contributed by atoms with Crippen LogP contribution in [-0.2, 0) is 16.1 Å². The molecule has 0 saturated carbocycles. The first kappa shape index (κ1) is 19.8. The van der Waals surface area contributed by atoms with Crippen molar-refractivity contribution in [1.82, 2.24) is 25.1 Å². The van der Waals surface area contributed by atoms with Gasteiger partial charge in [-0.05, 0) is 57.4 Å². The van der Waals surface area contributed by atoms with Gasteiger partial charge in [0.2, 0.25) is 11.8 Å². The number of aromatic nitrogens is 2. The normalized spacial score (nSPS) is 22.6. The van der Waals surface area contributed by atoms with E-state index in [1.54, 1.807) is 18.0 Å². The Kier molecular flexibility index (Phi) is 5.56. The van der Waals surface area contributed by atoms with Crippen molar-refractivity contribution in [2.45, 2.75) is 56.8 Å². The van der Waals surface area contributed by atoms with E-state index in [1.807, 2.05) is 29.0 Å². The fraction of sp³-hybridized carbons (Fsp3) is 0.571.